The van der Waals surface area contributed by atoms with Crippen LogP contribution in [0.2, 0.25) is 0 Å². The van der Waals surface area contributed by atoms with E-state index in [1.54, 1.807) is 30.4 Å². The number of carbonyl (C=O) groups excluding carboxylic acids is 1. The van der Waals surface area contributed by atoms with Crippen LogP contribution in [0.5, 0.6) is 5.75 Å². The van der Waals surface area contributed by atoms with Gasteiger partial charge >= 0.3 is 11.4 Å². The normalized spacial score (nSPS) is 12.8. The number of carbonyl (C=O) groups is 1. The number of hydrogen-bond donors (Lipinski definition) is 1. The average molecular weight is 563 g/mol. The predicted molar refractivity (Wildman–Crippen MR) is 148 cm³/mol. The highest BCUT2D eigenvalue weighted by atomic mass is 32.1. The molecule has 13 nitrogen and oxygen atoms in total. The molecule has 0 aliphatic heterocycles. The van der Waals surface area contributed by atoms with Gasteiger partial charge in [0.05, 0.1) is 34.2 Å². The fourth-order valence-corrected chi connectivity index (χ4v) is 6.07. The van der Waals surface area contributed by atoms with Crippen LogP contribution in [-0.2, 0) is 12.8 Å². The highest BCUT2D eigenvalue weighted by molar-refractivity contribution is 7.18. The maximum absolute atomic E-state index is 13.5. The fraction of sp³-hybridized carbons (Fsp3) is 0.231. The summed E-state index contributed by atoms with van der Waals surface area (Å²) in [6, 6.07) is 8.42. The molecule has 0 saturated heterocycles. The van der Waals surface area contributed by atoms with Crippen LogP contribution in [0.15, 0.2) is 46.3 Å². The maximum atomic E-state index is 13.5. The van der Waals surface area contributed by atoms with E-state index < -0.39 is 32.9 Å². The van der Waals surface area contributed by atoms with Gasteiger partial charge in [-0.05, 0) is 62.4 Å². The summed E-state index contributed by atoms with van der Waals surface area (Å²) in [5, 5.41) is 27.1. The molecule has 40 heavy (non-hydrogen) atoms. The number of methoxy groups -OCH3 is 1. The van der Waals surface area contributed by atoms with E-state index in [-0.39, 0.29) is 16.7 Å². The standard InChI is InChI=1S/C26H22N6O7S/c1-14-28-25-22(18-5-3-4-6-21(18)40-25)26(34)30(14)17-9-7-16(8-10-17)24(33)29-27-13-15-11-19(31(35)36)23(39-2)20(12-15)32(37)38/h7-13H,3-6H2,1-2H3,(H,29,33)/b27-13-. The number of nitrogens with one attached hydrogen (secondary N) is 1. The second kappa shape index (κ2) is 10.6. The number of amides is 1. The van der Waals surface area contributed by atoms with Gasteiger partial charge in [-0.15, -0.1) is 11.3 Å². The smallest absolute Gasteiger partial charge is 0.318 e. The zero-order valence-corrected chi connectivity index (χ0v) is 22.2. The van der Waals surface area contributed by atoms with Crippen LogP contribution in [0.1, 0.15) is 45.0 Å². The number of aryl methyl sites for hydroxylation is 3. The van der Waals surface area contributed by atoms with Crippen molar-refractivity contribution in [3.8, 4) is 11.4 Å². The Hall–Kier alpha value is -4.98. The first-order valence-corrected chi connectivity index (χ1v) is 13.0. The van der Waals surface area contributed by atoms with Crippen molar-refractivity contribution in [2.75, 3.05) is 7.11 Å². The molecule has 0 radical (unpaired) electrons. The summed E-state index contributed by atoms with van der Waals surface area (Å²) in [7, 11) is 1.09. The van der Waals surface area contributed by atoms with Crippen molar-refractivity contribution in [1.82, 2.24) is 15.0 Å². The van der Waals surface area contributed by atoms with E-state index in [1.807, 2.05) is 0 Å². The lowest BCUT2D eigenvalue weighted by Crippen LogP contribution is -2.23. The number of nitro groups is 2. The zero-order chi connectivity index (χ0) is 28.6. The monoisotopic (exact) mass is 562 g/mol. The van der Waals surface area contributed by atoms with Crippen LogP contribution in [-0.4, -0.2) is 38.6 Å². The van der Waals surface area contributed by atoms with Crippen LogP contribution in [0.4, 0.5) is 11.4 Å². The molecule has 0 unspecified atom stereocenters. The Bertz CT molecular complexity index is 1740. The Morgan fingerprint density at radius 1 is 1.12 bits per heavy atom. The van der Waals surface area contributed by atoms with E-state index in [1.165, 1.54) is 21.6 Å². The Kier molecular flexibility index (Phi) is 7.09. The molecule has 14 heteroatoms. The topological polar surface area (TPSA) is 172 Å². The molecule has 2 aromatic carbocycles. The van der Waals surface area contributed by atoms with Gasteiger partial charge in [-0.1, -0.05) is 0 Å². The number of nitrogens with zero attached hydrogens (tertiary/aromatic N) is 5. The van der Waals surface area contributed by atoms with Gasteiger partial charge in [0.1, 0.15) is 10.7 Å². The Balaban J connectivity index is 1.37. The van der Waals surface area contributed by atoms with Gasteiger partial charge in [0, 0.05) is 28.1 Å². The number of fused-ring (bicyclic) bond motifs is 3. The first-order valence-electron chi connectivity index (χ1n) is 12.2. The third-order valence-electron chi connectivity index (χ3n) is 6.59. The average Bonchev–Trinajstić information content (AvgIpc) is 3.31. The molecule has 5 rings (SSSR count). The maximum Gasteiger partial charge on any atom is 0.318 e. The SMILES string of the molecule is COc1c([N+](=O)[O-])cc(/C=N\NC(=O)c2ccc(-n3c(C)nc4sc5c(c4c3=O)CCCC5)cc2)cc1[N+](=O)[O-]. The number of ether oxygens (including phenoxy) is 1. The molecule has 4 aromatic rings. The highest BCUT2D eigenvalue weighted by Gasteiger charge is 2.27. The number of hydrogen-bond acceptors (Lipinski definition) is 10. The summed E-state index contributed by atoms with van der Waals surface area (Å²) in [5.41, 5.74) is 2.85. The van der Waals surface area contributed by atoms with Crippen molar-refractivity contribution >= 4 is 45.0 Å². The predicted octanol–water partition coefficient (Wildman–Crippen LogP) is 4.22. The van der Waals surface area contributed by atoms with Crippen LogP contribution in [0.25, 0.3) is 15.9 Å². The van der Waals surface area contributed by atoms with E-state index in [9.17, 15) is 29.8 Å². The van der Waals surface area contributed by atoms with E-state index in [4.69, 9.17) is 4.74 Å². The van der Waals surface area contributed by atoms with Crippen molar-refractivity contribution in [1.29, 1.82) is 0 Å². The van der Waals surface area contributed by atoms with Crippen LogP contribution in [0.3, 0.4) is 0 Å². The third-order valence-corrected chi connectivity index (χ3v) is 7.78. The molecule has 0 saturated carbocycles. The van der Waals surface area contributed by atoms with E-state index in [0.717, 1.165) is 61.5 Å². The molecular weight excluding hydrogens is 540 g/mol. The molecule has 1 aliphatic rings. The molecule has 0 spiro atoms. The lowest BCUT2D eigenvalue weighted by atomic mass is 9.97. The Labute approximate surface area is 230 Å². The van der Waals surface area contributed by atoms with Gasteiger partial charge in [0.15, 0.2) is 0 Å². The van der Waals surface area contributed by atoms with Gasteiger partial charge in [-0.25, -0.2) is 10.4 Å². The number of benzene rings is 2. The minimum atomic E-state index is -0.809. The van der Waals surface area contributed by atoms with Crippen molar-refractivity contribution in [3.05, 3.63) is 94.4 Å². The van der Waals surface area contributed by atoms with Gasteiger partial charge in [0.2, 0.25) is 0 Å². The summed E-state index contributed by atoms with van der Waals surface area (Å²) < 4.78 is 6.36. The van der Waals surface area contributed by atoms with Crippen molar-refractivity contribution in [2.45, 2.75) is 32.6 Å². The summed E-state index contributed by atoms with van der Waals surface area (Å²) in [6.07, 6.45) is 5.04. The molecule has 1 aliphatic carbocycles. The summed E-state index contributed by atoms with van der Waals surface area (Å²) in [5.74, 6) is -0.538. The first-order chi connectivity index (χ1) is 19.2. The fourth-order valence-electron chi connectivity index (χ4n) is 4.78. The minimum absolute atomic E-state index is 0.0169. The molecule has 2 aromatic heterocycles. The van der Waals surface area contributed by atoms with Gasteiger partial charge in [-0.2, -0.15) is 5.10 Å². The third kappa shape index (κ3) is 4.80. The largest absolute Gasteiger partial charge is 0.485 e. The summed E-state index contributed by atoms with van der Waals surface area (Å²) >= 11 is 1.59. The number of aromatic nitrogens is 2. The lowest BCUT2D eigenvalue weighted by molar-refractivity contribution is -0.395. The van der Waals surface area contributed by atoms with Gasteiger partial charge in [-0.3, -0.25) is 34.4 Å². The molecule has 0 atom stereocenters. The molecule has 0 bridgehead atoms. The first kappa shape index (κ1) is 26.6. The number of nitro benzene ring substituents is 2. The highest BCUT2D eigenvalue weighted by Crippen LogP contribution is 2.37. The second-order valence-corrected chi connectivity index (χ2v) is 10.1. The molecule has 2 heterocycles. The minimum Gasteiger partial charge on any atom is -0.485 e. The Morgan fingerprint density at radius 2 is 1.77 bits per heavy atom. The Morgan fingerprint density at radius 3 is 2.40 bits per heavy atom. The van der Waals surface area contributed by atoms with E-state index in [2.05, 4.69) is 15.5 Å². The summed E-state index contributed by atoms with van der Waals surface area (Å²) in [6.45, 7) is 1.77. The van der Waals surface area contributed by atoms with E-state index in [0.29, 0.717) is 16.9 Å². The van der Waals surface area contributed by atoms with Crippen LogP contribution < -0.4 is 15.7 Å². The summed E-state index contributed by atoms with van der Waals surface area (Å²) in [4.78, 5) is 53.8. The lowest BCUT2D eigenvalue weighted by Gasteiger charge is -2.12. The van der Waals surface area contributed by atoms with Gasteiger partial charge < -0.3 is 4.74 Å². The second-order valence-electron chi connectivity index (χ2n) is 9.04. The molecule has 0 fully saturated rings. The van der Waals surface area contributed by atoms with Gasteiger partial charge in [0.25, 0.3) is 17.2 Å². The van der Waals surface area contributed by atoms with Crippen molar-refractivity contribution in [2.24, 2.45) is 5.10 Å². The molecule has 1 amide bonds. The molecular formula is C26H22N6O7S. The van der Waals surface area contributed by atoms with Crippen molar-refractivity contribution < 1.29 is 19.4 Å². The zero-order valence-electron chi connectivity index (χ0n) is 21.4. The van der Waals surface area contributed by atoms with E-state index >= 15 is 0 Å². The number of thiophene rings is 1. The van der Waals surface area contributed by atoms with Crippen LogP contribution in [0, 0.1) is 27.2 Å². The molecule has 1 N–H and O–H groups in total. The molecule has 204 valence electrons. The van der Waals surface area contributed by atoms with Crippen LogP contribution >= 0.6 is 11.3 Å². The number of hydrazone groups is 1. The quantitative estimate of drug-likeness (QED) is 0.198. The number of rotatable bonds is 7. The van der Waals surface area contributed by atoms with Crippen molar-refractivity contribution in [3.63, 3.8) is 0 Å².